The quantitative estimate of drug-likeness (QED) is 0.771. The summed E-state index contributed by atoms with van der Waals surface area (Å²) in [6, 6.07) is 2.00. The molecule has 74 valence electrons. The number of nitrogens with zero attached hydrogens (tertiary/aromatic N) is 1. The molecule has 0 aromatic carbocycles. The van der Waals surface area contributed by atoms with E-state index in [4.69, 9.17) is 0 Å². The minimum atomic E-state index is -3.06. The average Bonchev–Trinajstić information content (AvgIpc) is 2.34. The van der Waals surface area contributed by atoms with E-state index >= 15 is 0 Å². The van der Waals surface area contributed by atoms with Gasteiger partial charge in [0, 0.05) is 18.5 Å². The molecule has 0 aliphatic rings. The van der Waals surface area contributed by atoms with Crippen LogP contribution in [0.15, 0.2) is 11.4 Å². The first-order valence-electron chi connectivity index (χ1n) is 3.85. The highest BCUT2D eigenvalue weighted by Gasteiger charge is 2.12. The molecule has 0 N–H and O–H groups in total. The van der Waals surface area contributed by atoms with E-state index in [0.717, 1.165) is 10.4 Å². The number of thiophene rings is 1. The molecule has 0 aliphatic heterocycles. The lowest BCUT2D eigenvalue weighted by molar-refractivity contribution is 0.474. The topological polar surface area (TPSA) is 37.4 Å². The minimum Gasteiger partial charge on any atom is -0.213 e. The zero-order chi connectivity index (χ0) is 10.1. The van der Waals surface area contributed by atoms with Crippen molar-refractivity contribution in [3.63, 3.8) is 0 Å². The molecule has 1 aromatic heterocycles. The Hall–Kier alpha value is -0.390. The van der Waals surface area contributed by atoms with Gasteiger partial charge in [-0.05, 0) is 23.9 Å². The second-order valence-electron chi connectivity index (χ2n) is 3.05. The third kappa shape index (κ3) is 2.79. The monoisotopic (exact) mass is 219 g/mol. The van der Waals surface area contributed by atoms with Crippen LogP contribution in [0.25, 0.3) is 0 Å². The molecule has 0 aliphatic carbocycles. The molecule has 1 aromatic rings. The van der Waals surface area contributed by atoms with Crippen LogP contribution in [0.1, 0.15) is 10.4 Å². The lowest BCUT2D eigenvalue weighted by Gasteiger charge is -2.12. The SMILES string of the molecule is Cc1ccsc1CN(C)S(C)(=O)=O. The molecule has 0 amide bonds. The highest BCUT2D eigenvalue weighted by atomic mass is 32.2. The molecule has 0 saturated heterocycles. The van der Waals surface area contributed by atoms with Crippen molar-refractivity contribution in [1.29, 1.82) is 0 Å². The van der Waals surface area contributed by atoms with Gasteiger partial charge in [-0.25, -0.2) is 12.7 Å². The van der Waals surface area contributed by atoms with Crippen LogP contribution in [0.4, 0.5) is 0 Å². The van der Waals surface area contributed by atoms with E-state index in [1.807, 2.05) is 18.4 Å². The van der Waals surface area contributed by atoms with Crippen LogP contribution in [-0.4, -0.2) is 26.0 Å². The van der Waals surface area contributed by atoms with Gasteiger partial charge in [-0.15, -0.1) is 11.3 Å². The van der Waals surface area contributed by atoms with Crippen molar-refractivity contribution in [2.75, 3.05) is 13.3 Å². The Morgan fingerprint density at radius 1 is 1.54 bits per heavy atom. The van der Waals surface area contributed by atoms with Crippen molar-refractivity contribution < 1.29 is 8.42 Å². The van der Waals surface area contributed by atoms with E-state index in [-0.39, 0.29) is 0 Å². The zero-order valence-corrected chi connectivity index (χ0v) is 9.58. The Labute approximate surface area is 83.1 Å². The van der Waals surface area contributed by atoms with Gasteiger partial charge in [0.15, 0.2) is 0 Å². The van der Waals surface area contributed by atoms with Crippen LogP contribution in [0, 0.1) is 6.92 Å². The number of hydrogen-bond donors (Lipinski definition) is 0. The fourth-order valence-corrected chi connectivity index (χ4v) is 2.29. The van der Waals surface area contributed by atoms with Crippen LogP contribution in [0.5, 0.6) is 0 Å². The van der Waals surface area contributed by atoms with Gasteiger partial charge < -0.3 is 0 Å². The predicted molar refractivity (Wildman–Crippen MR) is 55.4 cm³/mol. The van der Waals surface area contributed by atoms with Gasteiger partial charge in [0.05, 0.1) is 6.26 Å². The Balaban J connectivity index is 2.77. The summed E-state index contributed by atoms with van der Waals surface area (Å²) in [5, 5.41) is 1.97. The summed E-state index contributed by atoms with van der Waals surface area (Å²) in [7, 11) is -1.46. The number of sulfonamides is 1. The number of hydrogen-bond acceptors (Lipinski definition) is 3. The molecule has 5 heteroatoms. The van der Waals surface area contributed by atoms with E-state index in [1.54, 1.807) is 18.4 Å². The maximum atomic E-state index is 11.1. The van der Waals surface area contributed by atoms with Gasteiger partial charge >= 0.3 is 0 Å². The minimum absolute atomic E-state index is 0.475. The van der Waals surface area contributed by atoms with Gasteiger partial charge in [-0.1, -0.05) is 0 Å². The summed E-state index contributed by atoms with van der Waals surface area (Å²) < 4.78 is 23.6. The fraction of sp³-hybridized carbons (Fsp3) is 0.500. The maximum Gasteiger partial charge on any atom is 0.211 e. The highest BCUT2D eigenvalue weighted by molar-refractivity contribution is 7.88. The Morgan fingerprint density at radius 2 is 2.15 bits per heavy atom. The van der Waals surface area contributed by atoms with Crippen molar-refractivity contribution in [3.8, 4) is 0 Å². The molecule has 0 spiro atoms. The molecular weight excluding hydrogens is 206 g/mol. The van der Waals surface area contributed by atoms with Crippen molar-refractivity contribution in [3.05, 3.63) is 21.9 Å². The first kappa shape index (κ1) is 10.7. The van der Waals surface area contributed by atoms with Gasteiger partial charge in [0.1, 0.15) is 0 Å². The molecule has 0 fully saturated rings. The molecular formula is C8H13NO2S2. The van der Waals surface area contributed by atoms with Gasteiger partial charge in [0.25, 0.3) is 0 Å². The van der Waals surface area contributed by atoms with E-state index in [1.165, 1.54) is 10.6 Å². The molecule has 0 atom stereocenters. The summed E-state index contributed by atoms with van der Waals surface area (Å²) in [5.41, 5.74) is 1.15. The Kier molecular flexibility index (Phi) is 3.10. The van der Waals surface area contributed by atoms with Crippen molar-refractivity contribution >= 4 is 21.4 Å². The van der Waals surface area contributed by atoms with Crippen LogP contribution in [-0.2, 0) is 16.6 Å². The van der Waals surface area contributed by atoms with Gasteiger partial charge in [-0.3, -0.25) is 0 Å². The largest absolute Gasteiger partial charge is 0.213 e. The van der Waals surface area contributed by atoms with Gasteiger partial charge in [0.2, 0.25) is 10.0 Å². The molecule has 0 radical (unpaired) electrons. The Morgan fingerprint density at radius 3 is 2.54 bits per heavy atom. The van der Waals surface area contributed by atoms with Crippen molar-refractivity contribution in [2.45, 2.75) is 13.5 Å². The highest BCUT2D eigenvalue weighted by Crippen LogP contribution is 2.17. The van der Waals surface area contributed by atoms with Crippen LogP contribution >= 0.6 is 11.3 Å². The fourth-order valence-electron chi connectivity index (χ4n) is 0.886. The van der Waals surface area contributed by atoms with Crippen LogP contribution in [0.3, 0.4) is 0 Å². The van der Waals surface area contributed by atoms with E-state index in [0.29, 0.717) is 6.54 Å². The molecule has 0 unspecified atom stereocenters. The summed E-state index contributed by atoms with van der Waals surface area (Å²) in [4.78, 5) is 1.10. The summed E-state index contributed by atoms with van der Waals surface area (Å²) in [6.45, 7) is 2.46. The summed E-state index contributed by atoms with van der Waals surface area (Å²) in [6.07, 6.45) is 1.22. The van der Waals surface area contributed by atoms with E-state index < -0.39 is 10.0 Å². The van der Waals surface area contributed by atoms with Crippen molar-refractivity contribution in [1.82, 2.24) is 4.31 Å². The molecule has 0 saturated carbocycles. The predicted octanol–water partition coefficient (Wildman–Crippen LogP) is 1.45. The lowest BCUT2D eigenvalue weighted by Crippen LogP contribution is -2.24. The van der Waals surface area contributed by atoms with Crippen LogP contribution in [0.2, 0.25) is 0 Å². The van der Waals surface area contributed by atoms with Crippen molar-refractivity contribution in [2.24, 2.45) is 0 Å². The normalized spacial score (nSPS) is 12.3. The second-order valence-corrected chi connectivity index (χ2v) is 6.14. The summed E-state index contributed by atoms with van der Waals surface area (Å²) in [5.74, 6) is 0. The number of aryl methyl sites for hydroxylation is 1. The molecule has 3 nitrogen and oxygen atoms in total. The number of rotatable bonds is 3. The Bertz CT molecular complexity index is 381. The van der Waals surface area contributed by atoms with E-state index in [2.05, 4.69) is 0 Å². The second kappa shape index (κ2) is 3.77. The van der Waals surface area contributed by atoms with E-state index in [9.17, 15) is 8.42 Å². The maximum absolute atomic E-state index is 11.1. The summed E-state index contributed by atoms with van der Waals surface area (Å²) >= 11 is 1.59. The third-order valence-corrected chi connectivity index (χ3v) is 4.17. The average molecular weight is 219 g/mol. The molecule has 13 heavy (non-hydrogen) atoms. The zero-order valence-electron chi connectivity index (χ0n) is 7.94. The molecule has 1 heterocycles. The standard InChI is InChI=1S/C8H13NO2S2/c1-7-4-5-12-8(7)6-9(2)13(3,10)11/h4-5H,6H2,1-3H3. The lowest BCUT2D eigenvalue weighted by atomic mass is 10.3. The van der Waals surface area contributed by atoms with Gasteiger partial charge in [-0.2, -0.15) is 0 Å². The first-order valence-corrected chi connectivity index (χ1v) is 6.58. The molecule has 1 rings (SSSR count). The third-order valence-electron chi connectivity index (χ3n) is 1.90. The smallest absolute Gasteiger partial charge is 0.211 e. The molecule has 0 bridgehead atoms. The van der Waals surface area contributed by atoms with Crippen LogP contribution < -0.4 is 0 Å². The first-order chi connectivity index (χ1) is 5.91.